The smallest absolute Gasteiger partial charge is 0.255 e. The third kappa shape index (κ3) is 5.30. The maximum atomic E-state index is 12.6. The van der Waals surface area contributed by atoms with E-state index >= 15 is 0 Å². The lowest BCUT2D eigenvalue weighted by molar-refractivity contribution is 0.0939. The lowest BCUT2D eigenvalue weighted by Crippen LogP contribution is -2.41. The van der Waals surface area contributed by atoms with Crippen LogP contribution in [0.3, 0.4) is 0 Å². The first-order chi connectivity index (χ1) is 12.9. The Morgan fingerprint density at radius 2 is 1.70 bits per heavy atom. The largest absolute Gasteiger partial charge is 0.457 e. The van der Waals surface area contributed by atoms with Gasteiger partial charge >= 0.3 is 0 Å². The zero-order valence-electron chi connectivity index (χ0n) is 15.3. The van der Waals surface area contributed by atoms with E-state index < -0.39 is 10.0 Å². The van der Waals surface area contributed by atoms with E-state index in [1.807, 2.05) is 36.4 Å². The van der Waals surface area contributed by atoms with E-state index in [-0.39, 0.29) is 11.8 Å². The van der Waals surface area contributed by atoms with Crippen molar-refractivity contribution in [3.05, 3.63) is 60.2 Å². The van der Waals surface area contributed by atoms with Gasteiger partial charge in [-0.3, -0.25) is 4.79 Å². The first-order valence-corrected chi connectivity index (χ1v) is 10.8. The van der Waals surface area contributed by atoms with Gasteiger partial charge in [0.2, 0.25) is 10.0 Å². The average molecular weight is 388 g/mol. The highest BCUT2D eigenvalue weighted by Crippen LogP contribution is 2.25. The van der Waals surface area contributed by atoms with Crippen LogP contribution in [-0.4, -0.2) is 44.5 Å². The summed E-state index contributed by atoms with van der Waals surface area (Å²) in [5, 5.41) is 2.96. The van der Waals surface area contributed by atoms with Crippen molar-refractivity contribution in [3.63, 3.8) is 0 Å². The average Bonchev–Trinajstić information content (AvgIpc) is 2.67. The number of hydrogen-bond donors (Lipinski definition) is 1. The van der Waals surface area contributed by atoms with Gasteiger partial charge in [0.15, 0.2) is 0 Å². The van der Waals surface area contributed by atoms with Gasteiger partial charge in [0.1, 0.15) is 11.5 Å². The Kier molecular flexibility index (Phi) is 6.13. The Labute approximate surface area is 160 Å². The molecule has 144 valence electrons. The van der Waals surface area contributed by atoms with Crippen LogP contribution in [0.15, 0.2) is 54.6 Å². The zero-order valence-corrected chi connectivity index (χ0v) is 16.1. The summed E-state index contributed by atoms with van der Waals surface area (Å²) in [5.41, 5.74) is 0.481. The summed E-state index contributed by atoms with van der Waals surface area (Å²) >= 11 is 0. The van der Waals surface area contributed by atoms with Crippen molar-refractivity contribution in [2.24, 2.45) is 5.92 Å². The number of nitrogens with zero attached hydrogens (tertiary/aromatic N) is 1. The molecule has 1 saturated heterocycles. The molecule has 6 nitrogen and oxygen atoms in total. The van der Waals surface area contributed by atoms with Gasteiger partial charge in [-0.1, -0.05) is 30.3 Å². The predicted octanol–water partition coefficient (Wildman–Crippen LogP) is 2.88. The number of nitrogens with one attached hydrogen (secondary N) is 1. The molecule has 2 aromatic rings. The maximum absolute atomic E-state index is 12.6. The molecule has 0 aromatic heterocycles. The molecule has 7 heteroatoms. The lowest BCUT2D eigenvalue weighted by atomic mass is 9.98. The van der Waals surface area contributed by atoms with Crippen molar-refractivity contribution in [2.75, 3.05) is 25.9 Å². The summed E-state index contributed by atoms with van der Waals surface area (Å²) in [5.74, 6) is 1.26. The highest BCUT2D eigenvalue weighted by molar-refractivity contribution is 7.88. The second kappa shape index (κ2) is 8.54. The molecule has 1 N–H and O–H groups in total. The SMILES string of the molecule is CS(=O)(=O)N1CCC(CNC(=O)c2ccccc2Oc2ccccc2)CC1. The van der Waals surface area contributed by atoms with Gasteiger partial charge in [0.25, 0.3) is 5.91 Å². The van der Waals surface area contributed by atoms with E-state index in [1.54, 1.807) is 18.2 Å². The molecule has 3 rings (SSSR count). The van der Waals surface area contributed by atoms with Crippen LogP contribution in [0.1, 0.15) is 23.2 Å². The Balaban J connectivity index is 1.58. The minimum absolute atomic E-state index is 0.188. The molecule has 2 aromatic carbocycles. The van der Waals surface area contributed by atoms with Crippen molar-refractivity contribution in [2.45, 2.75) is 12.8 Å². The topological polar surface area (TPSA) is 75.7 Å². The molecule has 0 saturated carbocycles. The van der Waals surface area contributed by atoms with Crippen molar-refractivity contribution in [1.82, 2.24) is 9.62 Å². The molecule has 27 heavy (non-hydrogen) atoms. The van der Waals surface area contributed by atoms with Crippen molar-refractivity contribution in [1.29, 1.82) is 0 Å². The summed E-state index contributed by atoms with van der Waals surface area (Å²) in [6.07, 6.45) is 2.73. The molecule has 1 heterocycles. The molecule has 0 aliphatic carbocycles. The van der Waals surface area contributed by atoms with Crippen LogP contribution in [-0.2, 0) is 10.0 Å². The van der Waals surface area contributed by atoms with Gasteiger partial charge in [-0.25, -0.2) is 12.7 Å². The Morgan fingerprint density at radius 1 is 1.07 bits per heavy atom. The minimum atomic E-state index is -3.13. The molecule has 0 radical (unpaired) electrons. The van der Waals surface area contributed by atoms with Gasteiger partial charge in [0, 0.05) is 19.6 Å². The molecule has 0 unspecified atom stereocenters. The summed E-state index contributed by atoms with van der Waals surface area (Å²) in [7, 11) is -3.13. The molecule has 1 aliphatic rings. The van der Waals surface area contributed by atoms with Crippen molar-refractivity contribution >= 4 is 15.9 Å². The molecule has 0 bridgehead atoms. The molecule has 0 atom stereocenters. The number of piperidine rings is 1. The van der Waals surface area contributed by atoms with Crippen LogP contribution >= 0.6 is 0 Å². The first kappa shape index (κ1) is 19.4. The number of carbonyl (C=O) groups is 1. The van der Waals surface area contributed by atoms with E-state index in [2.05, 4.69) is 5.32 Å². The summed E-state index contributed by atoms with van der Waals surface area (Å²) in [6.45, 7) is 1.54. The Hall–Kier alpha value is -2.38. The molecule has 1 fully saturated rings. The van der Waals surface area contributed by atoms with Crippen LogP contribution in [0, 0.1) is 5.92 Å². The van der Waals surface area contributed by atoms with E-state index in [4.69, 9.17) is 4.74 Å². The van der Waals surface area contributed by atoms with Gasteiger partial charge in [-0.05, 0) is 43.0 Å². The molecule has 1 amide bonds. The fourth-order valence-electron chi connectivity index (χ4n) is 3.14. The van der Waals surface area contributed by atoms with E-state index in [9.17, 15) is 13.2 Å². The van der Waals surface area contributed by atoms with E-state index in [1.165, 1.54) is 10.6 Å². The van der Waals surface area contributed by atoms with Gasteiger partial charge in [0.05, 0.1) is 11.8 Å². The van der Waals surface area contributed by atoms with Gasteiger partial charge < -0.3 is 10.1 Å². The monoisotopic (exact) mass is 388 g/mol. The normalized spacial score (nSPS) is 16.0. The van der Waals surface area contributed by atoms with Crippen molar-refractivity contribution in [3.8, 4) is 11.5 Å². The Morgan fingerprint density at radius 3 is 2.37 bits per heavy atom. The summed E-state index contributed by atoms with van der Waals surface area (Å²) in [4.78, 5) is 12.6. The second-order valence-electron chi connectivity index (χ2n) is 6.73. The highest BCUT2D eigenvalue weighted by Gasteiger charge is 2.25. The number of para-hydroxylation sites is 2. The third-order valence-electron chi connectivity index (χ3n) is 4.70. The zero-order chi connectivity index (χ0) is 19.3. The van der Waals surface area contributed by atoms with Gasteiger partial charge in [-0.2, -0.15) is 0 Å². The third-order valence-corrected chi connectivity index (χ3v) is 6.00. The van der Waals surface area contributed by atoms with Gasteiger partial charge in [-0.15, -0.1) is 0 Å². The van der Waals surface area contributed by atoms with Crippen LogP contribution in [0.5, 0.6) is 11.5 Å². The quantitative estimate of drug-likeness (QED) is 0.826. The van der Waals surface area contributed by atoms with Crippen LogP contribution in [0.25, 0.3) is 0 Å². The maximum Gasteiger partial charge on any atom is 0.255 e. The highest BCUT2D eigenvalue weighted by atomic mass is 32.2. The number of rotatable bonds is 6. The molecular formula is C20H24N2O4S. The fraction of sp³-hybridized carbons (Fsp3) is 0.350. The number of ether oxygens (including phenoxy) is 1. The van der Waals surface area contributed by atoms with E-state index in [0.29, 0.717) is 36.7 Å². The predicted molar refractivity (Wildman–Crippen MR) is 104 cm³/mol. The van der Waals surface area contributed by atoms with E-state index in [0.717, 1.165) is 12.8 Å². The van der Waals surface area contributed by atoms with Crippen LogP contribution < -0.4 is 10.1 Å². The number of benzene rings is 2. The van der Waals surface area contributed by atoms with Crippen molar-refractivity contribution < 1.29 is 17.9 Å². The molecule has 0 spiro atoms. The standard InChI is InChI=1S/C20H24N2O4S/c1-27(24,25)22-13-11-16(12-14-22)15-21-20(23)18-9-5-6-10-19(18)26-17-7-3-2-4-8-17/h2-10,16H,11-15H2,1H3,(H,21,23). The minimum Gasteiger partial charge on any atom is -0.457 e. The second-order valence-corrected chi connectivity index (χ2v) is 8.71. The lowest BCUT2D eigenvalue weighted by Gasteiger charge is -2.30. The molecular weight excluding hydrogens is 364 g/mol. The molecule has 1 aliphatic heterocycles. The van der Waals surface area contributed by atoms with Crippen LogP contribution in [0.4, 0.5) is 0 Å². The number of amides is 1. The number of sulfonamides is 1. The summed E-state index contributed by atoms with van der Waals surface area (Å²) in [6, 6.07) is 16.5. The summed E-state index contributed by atoms with van der Waals surface area (Å²) < 4.78 is 30.5. The van der Waals surface area contributed by atoms with Crippen LogP contribution in [0.2, 0.25) is 0 Å². The first-order valence-electron chi connectivity index (χ1n) is 8.99. The number of hydrogen-bond acceptors (Lipinski definition) is 4. The fourth-order valence-corrected chi connectivity index (χ4v) is 4.01. The Bertz CT molecular complexity index is 876. The number of carbonyl (C=O) groups excluding carboxylic acids is 1.